The minimum atomic E-state index is -1.88. The van der Waals surface area contributed by atoms with Crippen molar-refractivity contribution < 1.29 is 14.6 Å². The number of hydrogen-bond donors (Lipinski definition) is 2. The van der Waals surface area contributed by atoms with Gasteiger partial charge in [0.1, 0.15) is 6.10 Å². The predicted molar refractivity (Wildman–Crippen MR) is 124 cm³/mol. The van der Waals surface area contributed by atoms with Gasteiger partial charge in [0.2, 0.25) is 5.60 Å². The number of aliphatic hydroxyl groups is 1. The van der Waals surface area contributed by atoms with Gasteiger partial charge < -0.3 is 20.5 Å². The summed E-state index contributed by atoms with van der Waals surface area (Å²) in [7, 11) is 2.06. The number of hydrogen-bond acceptors (Lipinski definition) is 6. The van der Waals surface area contributed by atoms with Crippen LogP contribution in [-0.4, -0.2) is 42.2 Å². The first-order valence-electron chi connectivity index (χ1n) is 10.6. The SMILES string of the molecule is CN1CCC(OC(=O)[C@](O)(c2ccccc2)c2cccc(-c3ccc(CN)s3)c2)CC1. The van der Waals surface area contributed by atoms with Crippen LogP contribution in [0.3, 0.4) is 0 Å². The molecule has 0 spiro atoms. The van der Waals surface area contributed by atoms with Crippen molar-refractivity contribution in [3.05, 3.63) is 82.7 Å². The van der Waals surface area contributed by atoms with Crippen LogP contribution in [0.1, 0.15) is 28.8 Å². The second kappa shape index (κ2) is 9.32. The minimum Gasteiger partial charge on any atom is -0.460 e. The maximum absolute atomic E-state index is 13.4. The Morgan fingerprint density at radius 1 is 1.10 bits per heavy atom. The molecule has 31 heavy (non-hydrogen) atoms. The van der Waals surface area contributed by atoms with E-state index in [4.69, 9.17) is 10.5 Å². The molecule has 6 heteroatoms. The largest absolute Gasteiger partial charge is 0.460 e. The zero-order valence-corrected chi connectivity index (χ0v) is 18.5. The molecular weight excluding hydrogens is 408 g/mol. The Morgan fingerprint density at radius 3 is 2.48 bits per heavy atom. The maximum atomic E-state index is 13.4. The first-order valence-corrected chi connectivity index (χ1v) is 11.4. The van der Waals surface area contributed by atoms with Crippen LogP contribution in [-0.2, 0) is 21.7 Å². The fourth-order valence-corrected chi connectivity index (χ4v) is 4.84. The lowest BCUT2D eigenvalue weighted by Gasteiger charge is -2.33. The van der Waals surface area contributed by atoms with Crippen LogP contribution < -0.4 is 5.73 Å². The lowest BCUT2D eigenvalue weighted by Crippen LogP contribution is -2.43. The fourth-order valence-electron chi connectivity index (χ4n) is 3.96. The molecule has 0 saturated carbocycles. The molecule has 2 heterocycles. The second-order valence-corrected chi connectivity index (χ2v) is 9.20. The van der Waals surface area contributed by atoms with E-state index in [1.54, 1.807) is 29.5 Å². The molecule has 0 radical (unpaired) electrons. The third kappa shape index (κ3) is 4.57. The average Bonchev–Trinajstić information content (AvgIpc) is 3.30. The normalized spacial score (nSPS) is 17.3. The third-order valence-electron chi connectivity index (χ3n) is 5.85. The molecule has 0 bridgehead atoms. The number of piperidine rings is 1. The van der Waals surface area contributed by atoms with E-state index in [1.165, 1.54) is 0 Å². The van der Waals surface area contributed by atoms with Crippen molar-refractivity contribution in [1.82, 2.24) is 4.90 Å². The minimum absolute atomic E-state index is 0.188. The number of esters is 1. The summed E-state index contributed by atoms with van der Waals surface area (Å²) in [6, 6.07) is 20.5. The average molecular weight is 437 g/mol. The van der Waals surface area contributed by atoms with E-state index >= 15 is 0 Å². The standard InChI is InChI=1S/C25H28N2O3S/c1-27-14-12-21(13-15-27)30-24(28)25(29,19-7-3-2-4-8-19)20-9-5-6-18(16-20)23-11-10-22(17-26)31-23/h2-11,16,21,29H,12-15,17,26H2,1H3/t25-/m0/s1. The topological polar surface area (TPSA) is 75.8 Å². The van der Waals surface area contributed by atoms with E-state index in [1.807, 2.05) is 48.5 Å². The fraction of sp³-hybridized carbons (Fsp3) is 0.320. The molecule has 162 valence electrons. The molecule has 1 aliphatic heterocycles. The van der Waals surface area contributed by atoms with Crippen molar-refractivity contribution in [3.8, 4) is 10.4 Å². The van der Waals surface area contributed by atoms with E-state index in [-0.39, 0.29) is 6.10 Å². The Bertz CT molecular complexity index is 1030. The number of benzene rings is 2. The van der Waals surface area contributed by atoms with Gasteiger partial charge in [-0.3, -0.25) is 0 Å². The van der Waals surface area contributed by atoms with E-state index in [0.29, 0.717) is 17.7 Å². The molecule has 1 fully saturated rings. The zero-order chi connectivity index (χ0) is 21.8. The molecule has 1 aliphatic rings. The summed E-state index contributed by atoms with van der Waals surface area (Å²) in [5.74, 6) is -0.626. The van der Waals surface area contributed by atoms with Gasteiger partial charge in [0, 0.05) is 35.0 Å². The Morgan fingerprint density at radius 2 is 1.81 bits per heavy atom. The summed E-state index contributed by atoms with van der Waals surface area (Å²) < 4.78 is 5.85. The van der Waals surface area contributed by atoms with Gasteiger partial charge >= 0.3 is 5.97 Å². The van der Waals surface area contributed by atoms with Crippen molar-refractivity contribution >= 4 is 17.3 Å². The van der Waals surface area contributed by atoms with Gasteiger partial charge in [0.05, 0.1) is 0 Å². The number of thiophene rings is 1. The molecular formula is C25H28N2O3S. The van der Waals surface area contributed by atoms with Crippen molar-refractivity contribution in [2.24, 2.45) is 5.73 Å². The first-order chi connectivity index (χ1) is 15.0. The Balaban J connectivity index is 1.70. The van der Waals surface area contributed by atoms with Crippen LogP contribution in [0.5, 0.6) is 0 Å². The van der Waals surface area contributed by atoms with Gasteiger partial charge in [-0.25, -0.2) is 4.79 Å². The van der Waals surface area contributed by atoms with Gasteiger partial charge in [-0.05, 0) is 49.2 Å². The number of rotatable bonds is 6. The van der Waals surface area contributed by atoms with Crippen LogP contribution in [0.15, 0.2) is 66.7 Å². The number of carbonyl (C=O) groups excluding carboxylic acids is 1. The Kier molecular flexibility index (Phi) is 6.53. The molecule has 1 saturated heterocycles. The number of nitrogens with zero attached hydrogens (tertiary/aromatic N) is 1. The monoisotopic (exact) mass is 436 g/mol. The van der Waals surface area contributed by atoms with E-state index in [9.17, 15) is 9.90 Å². The van der Waals surface area contributed by atoms with Gasteiger partial charge in [0.25, 0.3) is 0 Å². The molecule has 1 atom stereocenters. The molecule has 2 aromatic carbocycles. The van der Waals surface area contributed by atoms with Gasteiger partial charge in [0.15, 0.2) is 0 Å². The van der Waals surface area contributed by atoms with E-state index < -0.39 is 11.6 Å². The maximum Gasteiger partial charge on any atom is 0.347 e. The van der Waals surface area contributed by atoms with Crippen LogP contribution in [0, 0.1) is 0 Å². The molecule has 1 aromatic heterocycles. The molecule has 0 amide bonds. The number of nitrogens with two attached hydrogens (primary N) is 1. The van der Waals surface area contributed by atoms with Crippen LogP contribution in [0.4, 0.5) is 0 Å². The predicted octanol–water partition coefficient (Wildman–Crippen LogP) is 3.75. The van der Waals surface area contributed by atoms with Crippen molar-refractivity contribution in [2.75, 3.05) is 20.1 Å². The quantitative estimate of drug-likeness (QED) is 0.576. The number of ether oxygens (including phenoxy) is 1. The summed E-state index contributed by atoms with van der Waals surface area (Å²) in [6.45, 7) is 2.24. The summed E-state index contributed by atoms with van der Waals surface area (Å²) in [5.41, 5.74) is 5.81. The number of carbonyl (C=O) groups is 1. The molecule has 0 aliphatic carbocycles. The van der Waals surface area contributed by atoms with Crippen molar-refractivity contribution in [3.63, 3.8) is 0 Å². The first kappa shape index (κ1) is 21.7. The van der Waals surface area contributed by atoms with Crippen molar-refractivity contribution in [2.45, 2.75) is 31.1 Å². The van der Waals surface area contributed by atoms with Gasteiger partial charge in [-0.15, -0.1) is 11.3 Å². The highest BCUT2D eigenvalue weighted by molar-refractivity contribution is 7.15. The van der Waals surface area contributed by atoms with Gasteiger partial charge in [-0.2, -0.15) is 0 Å². The molecule has 5 nitrogen and oxygen atoms in total. The summed E-state index contributed by atoms with van der Waals surface area (Å²) in [6.07, 6.45) is 1.35. The smallest absolute Gasteiger partial charge is 0.347 e. The molecule has 0 unspecified atom stereocenters. The lowest BCUT2D eigenvalue weighted by molar-refractivity contribution is -0.169. The van der Waals surface area contributed by atoms with Crippen molar-refractivity contribution in [1.29, 1.82) is 0 Å². The highest BCUT2D eigenvalue weighted by Gasteiger charge is 2.43. The molecule has 4 rings (SSSR count). The summed E-state index contributed by atoms with van der Waals surface area (Å²) in [4.78, 5) is 17.8. The molecule has 3 N–H and O–H groups in total. The van der Waals surface area contributed by atoms with Crippen LogP contribution in [0.2, 0.25) is 0 Å². The highest BCUT2D eigenvalue weighted by atomic mass is 32.1. The summed E-state index contributed by atoms with van der Waals surface area (Å²) >= 11 is 1.61. The number of likely N-dealkylation sites (tertiary alicyclic amines) is 1. The highest BCUT2D eigenvalue weighted by Crippen LogP contribution is 2.36. The Labute approximate surface area is 187 Å². The summed E-state index contributed by atoms with van der Waals surface area (Å²) in [5, 5.41) is 11.8. The lowest BCUT2D eigenvalue weighted by atomic mass is 9.85. The molecule has 3 aromatic rings. The third-order valence-corrected chi connectivity index (χ3v) is 7.01. The van der Waals surface area contributed by atoms with Gasteiger partial charge in [-0.1, -0.05) is 48.5 Å². The Hall–Kier alpha value is -2.51. The van der Waals surface area contributed by atoms with Crippen LogP contribution >= 0.6 is 11.3 Å². The second-order valence-electron chi connectivity index (χ2n) is 8.04. The van der Waals surface area contributed by atoms with E-state index in [2.05, 4.69) is 11.9 Å². The zero-order valence-electron chi connectivity index (χ0n) is 17.7. The van der Waals surface area contributed by atoms with E-state index in [0.717, 1.165) is 41.2 Å². The van der Waals surface area contributed by atoms with Crippen LogP contribution in [0.25, 0.3) is 10.4 Å².